The van der Waals surface area contributed by atoms with E-state index >= 15 is 0 Å². The number of aryl methyl sites for hydroxylation is 1. The van der Waals surface area contributed by atoms with Gasteiger partial charge in [0.15, 0.2) is 0 Å². The first-order chi connectivity index (χ1) is 8.83. The summed E-state index contributed by atoms with van der Waals surface area (Å²) in [6.07, 6.45) is 5.30. The highest BCUT2D eigenvalue weighted by Crippen LogP contribution is 2.23. The second-order valence-electron chi connectivity index (χ2n) is 4.02. The summed E-state index contributed by atoms with van der Waals surface area (Å²) in [6.45, 7) is 1.86. The van der Waals surface area contributed by atoms with Gasteiger partial charge in [0, 0.05) is 11.6 Å². The summed E-state index contributed by atoms with van der Waals surface area (Å²) in [5, 5.41) is 5.48. The Balaban J connectivity index is 2.02. The molecule has 0 amide bonds. The molecule has 0 unspecified atom stereocenters. The zero-order valence-corrected chi connectivity index (χ0v) is 9.96. The van der Waals surface area contributed by atoms with Gasteiger partial charge in [-0.3, -0.25) is 0 Å². The van der Waals surface area contributed by atoms with Crippen molar-refractivity contribution in [3.05, 3.63) is 54.7 Å². The van der Waals surface area contributed by atoms with Crippen LogP contribution in [0.4, 0.5) is 11.5 Å². The lowest BCUT2D eigenvalue weighted by molar-refractivity contribution is 1.05. The molecule has 0 radical (unpaired) electrons. The smallest absolute Gasteiger partial charge is 0.138 e. The first kappa shape index (κ1) is 10.7. The van der Waals surface area contributed by atoms with Gasteiger partial charge in [0.25, 0.3) is 0 Å². The summed E-state index contributed by atoms with van der Waals surface area (Å²) < 4.78 is 0. The zero-order valence-electron chi connectivity index (χ0n) is 9.96. The molecule has 0 spiro atoms. The highest BCUT2D eigenvalue weighted by molar-refractivity contribution is 5.92. The molecule has 2 heterocycles. The van der Waals surface area contributed by atoms with Crippen LogP contribution in [0.3, 0.4) is 0 Å². The maximum atomic E-state index is 4.36. The van der Waals surface area contributed by atoms with Gasteiger partial charge in [0.05, 0.1) is 18.1 Å². The van der Waals surface area contributed by atoms with Crippen molar-refractivity contribution in [3.8, 4) is 0 Å². The van der Waals surface area contributed by atoms with E-state index in [-0.39, 0.29) is 0 Å². The van der Waals surface area contributed by atoms with Gasteiger partial charge in [-0.05, 0) is 18.4 Å². The quantitative estimate of drug-likeness (QED) is 0.742. The topological polar surface area (TPSA) is 50.7 Å². The molecule has 4 heteroatoms. The Labute approximate surface area is 105 Å². The number of hydrogen-bond acceptors (Lipinski definition) is 4. The molecule has 0 aliphatic rings. The van der Waals surface area contributed by atoms with Gasteiger partial charge in [-0.2, -0.15) is 0 Å². The number of rotatable bonds is 2. The van der Waals surface area contributed by atoms with Crippen LogP contribution >= 0.6 is 0 Å². The van der Waals surface area contributed by atoms with Gasteiger partial charge in [-0.15, -0.1) is 0 Å². The molecule has 18 heavy (non-hydrogen) atoms. The molecule has 0 saturated carbocycles. The predicted molar refractivity (Wildman–Crippen MR) is 71.8 cm³/mol. The van der Waals surface area contributed by atoms with Crippen LogP contribution in [0, 0.1) is 6.92 Å². The minimum absolute atomic E-state index is 0.756. The normalized spacial score (nSPS) is 10.5. The maximum absolute atomic E-state index is 4.36. The van der Waals surface area contributed by atoms with E-state index in [1.54, 1.807) is 18.6 Å². The Kier molecular flexibility index (Phi) is 2.61. The first-order valence-electron chi connectivity index (χ1n) is 5.72. The summed E-state index contributed by atoms with van der Waals surface area (Å²) in [6, 6.07) is 10.1. The number of nitrogens with zero attached hydrogens (tertiary/aromatic N) is 3. The highest BCUT2D eigenvalue weighted by Gasteiger charge is 2.02. The van der Waals surface area contributed by atoms with Crippen molar-refractivity contribution >= 4 is 22.3 Å². The predicted octanol–water partition coefficient (Wildman–Crippen LogP) is 3.08. The van der Waals surface area contributed by atoms with E-state index in [0.29, 0.717) is 0 Å². The molecule has 3 aromatic rings. The average Bonchev–Trinajstić information content (AvgIpc) is 2.42. The Hall–Kier alpha value is -2.49. The molecule has 1 N–H and O–H groups in total. The van der Waals surface area contributed by atoms with Gasteiger partial charge in [-0.1, -0.05) is 24.3 Å². The third-order valence-electron chi connectivity index (χ3n) is 2.72. The van der Waals surface area contributed by atoms with Gasteiger partial charge in [-0.25, -0.2) is 15.0 Å². The summed E-state index contributed by atoms with van der Waals surface area (Å²) in [7, 11) is 0. The van der Waals surface area contributed by atoms with Crippen molar-refractivity contribution in [2.45, 2.75) is 6.92 Å². The summed E-state index contributed by atoms with van der Waals surface area (Å²) in [5.41, 5.74) is 0.837. The molecule has 88 valence electrons. The number of pyridine rings is 1. The SMILES string of the molecule is Cc1ncc(Nc2nccc3ccccc23)cn1. The molecule has 1 aromatic carbocycles. The largest absolute Gasteiger partial charge is 0.337 e. The molecule has 0 atom stereocenters. The zero-order chi connectivity index (χ0) is 12.4. The van der Waals surface area contributed by atoms with Crippen LogP contribution in [0.25, 0.3) is 10.8 Å². The molecule has 2 aromatic heterocycles. The Morgan fingerprint density at radius 3 is 2.56 bits per heavy atom. The molecule has 0 aliphatic carbocycles. The number of aromatic nitrogens is 3. The van der Waals surface area contributed by atoms with Crippen LogP contribution < -0.4 is 5.32 Å². The van der Waals surface area contributed by atoms with E-state index in [1.165, 1.54) is 0 Å². The van der Waals surface area contributed by atoms with E-state index in [4.69, 9.17) is 0 Å². The summed E-state index contributed by atoms with van der Waals surface area (Å²) in [4.78, 5) is 12.7. The lowest BCUT2D eigenvalue weighted by Crippen LogP contribution is -1.96. The summed E-state index contributed by atoms with van der Waals surface area (Å²) in [5.74, 6) is 1.58. The molecule has 4 nitrogen and oxygen atoms in total. The lowest BCUT2D eigenvalue weighted by Gasteiger charge is -2.07. The Morgan fingerprint density at radius 1 is 0.944 bits per heavy atom. The molecule has 0 saturated heterocycles. The molecule has 3 rings (SSSR count). The molecule has 0 aliphatic heterocycles. The van der Waals surface area contributed by atoms with Crippen molar-refractivity contribution < 1.29 is 0 Å². The second kappa shape index (κ2) is 4.41. The van der Waals surface area contributed by atoms with Crippen LogP contribution in [0.15, 0.2) is 48.9 Å². The molecular formula is C14H12N4. The van der Waals surface area contributed by atoms with Crippen molar-refractivity contribution in [1.29, 1.82) is 0 Å². The van der Waals surface area contributed by atoms with Gasteiger partial charge < -0.3 is 5.32 Å². The van der Waals surface area contributed by atoms with Gasteiger partial charge >= 0.3 is 0 Å². The van der Waals surface area contributed by atoms with Crippen LogP contribution in [0.5, 0.6) is 0 Å². The fraction of sp³-hybridized carbons (Fsp3) is 0.0714. The number of benzene rings is 1. The van der Waals surface area contributed by atoms with E-state index in [9.17, 15) is 0 Å². The molecular weight excluding hydrogens is 224 g/mol. The monoisotopic (exact) mass is 236 g/mol. The summed E-state index contributed by atoms with van der Waals surface area (Å²) >= 11 is 0. The second-order valence-corrected chi connectivity index (χ2v) is 4.02. The van der Waals surface area contributed by atoms with Gasteiger partial charge in [0.1, 0.15) is 11.6 Å². The third-order valence-corrected chi connectivity index (χ3v) is 2.72. The van der Waals surface area contributed by atoms with Crippen LogP contribution in [0.1, 0.15) is 5.82 Å². The highest BCUT2D eigenvalue weighted by atomic mass is 15.0. The number of nitrogens with one attached hydrogen (secondary N) is 1. The Bertz CT molecular complexity index is 671. The van der Waals surface area contributed by atoms with Crippen molar-refractivity contribution in [1.82, 2.24) is 15.0 Å². The van der Waals surface area contributed by atoms with E-state index < -0.39 is 0 Å². The average molecular weight is 236 g/mol. The number of anilines is 2. The number of fused-ring (bicyclic) bond motifs is 1. The van der Waals surface area contributed by atoms with E-state index in [2.05, 4.69) is 26.3 Å². The van der Waals surface area contributed by atoms with Crippen LogP contribution in [-0.4, -0.2) is 15.0 Å². The molecule has 0 bridgehead atoms. The van der Waals surface area contributed by atoms with E-state index in [0.717, 1.165) is 28.1 Å². The minimum Gasteiger partial charge on any atom is -0.337 e. The first-order valence-corrected chi connectivity index (χ1v) is 5.72. The van der Waals surface area contributed by atoms with E-state index in [1.807, 2.05) is 31.2 Å². The van der Waals surface area contributed by atoms with Crippen molar-refractivity contribution in [3.63, 3.8) is 0 Å². The molecule has 0 fully saturated rings. The maximum Gasteiger partial charge on any atom is 0.138 e. The van der Waals surface area contributed by atoms with Crippen LogP contribution in [-0.2, 0) is 0 Å². The van der Waals surface area contributed by atoms with Crippen molar-refractivity contribution in [2.75, 3.05) is 5.32 Å². The van der Waals surface area contributed by atoms with Gasteiger partial charge in [0.2, 0.25) is 0 Å². The fourth-order valence-electron chi connectivity index (χ4n) is 1.81. The third kappa shape index (κ3) is 2.00. The Morgan fingerprint density at radius 2 is 1.72 bits per heavy atom. The lowest BCUT2D eigenvalue weighted by atomic mass is 10.1. The minimum atomic E-state index is 0.756. The fourth-order valence-corrected chi connectivity index (χ4v) is 1.81. The van der Waals surface area contributed by atoms with Crippen LogP contribution in [0.2, 0.25) is 0 Å². The number of hydrogen-bond donors (Lipinski definition) is 1. The van der Waals surface area contributed by atoms with Crippen molar-refractivity contribution in [2.24, 2.45) is 0 Å². The standard InChI is InChI=1S/C14H12N4/c1-10-16-8-12(9-17-10)18-14-13-5-3-2-4-11(13)6-7-15-14/h2-9H,1H3,(H,15,18).